The number of nitrogens with zero attached hydrogens (tertiary/aromatic N) is 1. The molecule has 116 valence electrons. The molecule has 0 aromatic heterocycles. The van der Waals surface area contributed by atoms with Gasteiger partial charge in [0.05, 0.1) is 12.8 Å². The average molecular weight is 291 g/mol. The van der Waals surface area contributed by atoms with Gasteiger partial charge in [-0.05, 0) is 30.9 Å². The first-order valence-electron chi connectivity index (χ1n) is 7.38. The molecule has 0 atom stereocenters. The van der Waals surface area contributed by atoms with Gasteiger partial charge in [0, 0.05) is 12.6 Å². The molecule has 0 heterocycles. The standard InChI is InChI=1S/C17H25NO3/c1-12(2)11-18(13(3)4)16(19)9-14-5-7-15(8-6-14)10-17(20)21/h5-8,12-13H,9-11H2,1-4H3,(H,20,21). The third-order valence-electron chi connectivity index (χ3n) is 3.24. The van der Waals surface area contributed by atoms with E-state index in [-0.39, 0.29) is 18.4 Å². The zero-order valence-electron chi connectivity index (χ0n) is 13.3. The van der Waals surface area contributed by atoms with Crippen molar-refractivity contribution in [3.05, 3.63) is 35.4 Å². The molecule has 0 saturated heterocycles. The molecular weight excluding hydrogens is 266 g/mol. The fourth-order valence-corrected chi connectivity index (χ4v) is 2.22. The Morgan fingerprint density at radius 1 is 1.00 bits per heavy atom. The van der Waals surface area contributed by atoms with E-state index in [9.17, 15) is 9.59 Å². The van der Waals surface area contributed by atoms with Gasteiger partial charge in [-0.3, -0.25) is 9.59 Å². The summed E-state index contributed by atoms with van der Waals surface area (Å²) in [6.45, 7) is 9.01. The van der Waals surface area contributed by atoms with Crippen LogP contribution in [0.15, 0.2) is 24.3 Å². The van der Waals surface area contributed by atoms with Gasteiger partial charge in [0.1, 0.15) is 0 Å². The van der Waals surface area contributed by atoms with Gasteiger partial charge in [-0.25, -0.2) is 0 Å². The van der Waals surface area contributed by atoms with E-state index in [2.05, 4.69) is 13.8 Å². The number of carboxylic acid groups (broad SMARTS) is 1. The minimum Gasteiger partial charge on any atom is -0.481 e. The van der Waals surface area contributed by atoms with Gasteiger partial charge < -0.3 is 10.0 Å². The van der Waals surface area contributed by atoms with Crippen LogP contribution in [0.25, 0.3) is 0 Å². The van der Waals surface area contributed by atoms with E-state index in [0.29, 0.717) is 12.3 Å². The maximum atomic E-state index is 12.4. The second-order valence-corrected chi connectivity index (χ2v) is 6.10. The van der Waals surface area contributed by atoms with E-state index < -0.39 is 5.97 Å². The molecule has 1 N–H and O–H groups in total. The van der Waals surface area contributed by atoms with Gasteiger partial charge in [-0.2, -0.15) is 0 Å². The lowest BCUT2D eigenvalue weighted by Crippen LogP contribution is -2.40. The molecule has 0 aliphatic rings. The Morgan fingerprint density at radius 3 is 1.86 bits per heavy atom. The quantitative estimate of drug-likeness (QED) is 0.840. The molecule has 0 aliphatic heterocycles. The van der Waals surface area contributed by atoms with Crippen LogP contribution in [0.4, 0.5) is 0 Å². The molecule has 0 saturated carbocycles. The van der Waals surface area contributed by atoms with Crippen molar-refractivity contribution in [2.45, 2.75) is 46.6 Å². The van der Waals surface area contributed by atoms with Crippen molar-refractivity contribution in [2.24, 2.45) is 5.92 Å². The lowest BCUT2D eigenvalue weighted by molar-refractivity contribution is -0.136. The molecule has 4 heteroatoms. The molecule has 0 unspecified atom stereocenters. The second-order valence-electron chi connectivity index (χ2n) is 6.10. The van der Waals surface area contributed by atoms with Crippen LogP contribution in [-0.4, -0.2) is 34.5 Å². The first kappa shape index (κ1) is 17.2. The average Bonchev–Trinajstić information content (AvgIpc) is 2.37. The summed E-state index contributed by atoms with van der Waals surface area (Å²) in [5.41, 5.74) is 1.67. The Bertz CT molecular complexity index is 477. The topological polar surface area (TPSA) is 57.6 Å². The lowest BCUT2D eigenvalue weighted by Gasteiger charge is -2.28. The van der Waals surface area contributed by atoms with Crippen molar-refractivity contribution in [2.75, 3.05) is 6.54 Å². The summed E-state index contributed by atoms with van der Waals surface area (Å²) in [6, 6.07) is 7.41. The highest BCUT2D eigenvalue weighted by Gasteiger charge is 2.18. The third kappa shape index (κ3) is 5.98. The molecule has 1 aromatic rings. The summed E-state index contributed by atoms with van der Waals surface area (Å²) in [7, 11) is 0. The van der Waals surface area contributed by atoms with Crippen molar-refractivity contribution in [1.82, 2.24) is 4.90 Å². The highest BCUT2D eigenvalue weighted by molar-refractivity contribution is 5.79. The fourth-order valence-electron chi connectivity index (χ4n) is 2.22. The summed E-state index contributed by atoms with van der Waals surface area (Å²) >= 11 is 0. The van der Waals surface area contributed by atoms with E-state index in [0.717, 1.165) is 17.7 Å². The highest BCUT2D eigenvalue weighted by atomic mass is 16.4. The summed E-state index contributed by atoms with van der Waals surface area (Å²) in [4.78, 5) is 24.9. The van der Waals surface area contributed by atoms with Gasteiger partial charge in [0.25, 0.3) is 0 Å². The second kappa shape index (κ2) is 7.81. The van der Waals surface area contributed by atoms with E-state index in [1.807, 2.05) is 30.9 Å². The maximum absolute atomic E-state index is 12.4. The van der Waals surface area contributed by atoms with Crippen molar-refractivity contribution >= 4 is 11.9 Å². The van der Waals surface area contributed by atoms with Gasteiger partial charge in [0.15, 0.2) is 0 Å². The molecule has 0 spiro atoms. The molecule has 1 amide bonds. The zero-order valence-corrected chi connectivity index (χ0v) is 13.3. The van der Waals surface area contributed by atoms with Crippen molar-refractivity contribution in [1.29, 1.82) is 0 Å². The third-order valence-corrected chi connectivity index (χ3v) is 3.24. The van der Waals surface area contributed by atoms with Crippen LogP contribution >= 0.6 is 0 Å². The van der Waals surface area contributed by atoms with Gasteiger partial charge in [-0.1, -0.05) is 38.1 Å². The Hall–Kier alpha value is -1.84. The van der Waals surface area contributed by atoms with Crippen LogP contribution in [-0.2, 0) is 22.4 Å². The molecule has 21 heavy (non-hydrogen) atoms. The van der Waals surface area contributed by atoms with Crippen LogP contribution < -0.4 is 0 Å². The molecule has 1 aromatic carbocycles. The number of hydrogen-bond acceptors (Lipinski definition) is 2. The van der Waals surface area contributed by atoms with E-state index >= 15 is 0 Å². The lowest BCUT2D eigenvalue weighted by atomic mass is 10.1. The molecular formula is C17H25NO3. The van der Waals surface area contributed by atoms with Crippen LogP contribution in [0.3, 0.4) is 0 Å². The molecule has 0 bridgehead atoms. The predicted molar refractivity (Wildman–Crippen MR) is 83.2 cm³/mol. The Morgan fingerprint density at radius 2 is 1.48 bits per heavy atom. The van der Waals surface area contributed by atoms with Gasteiger partial charge in [0.2, 0.25) is 5.91 Å². The molecule has 1 rings (SSSR count). The smallest absolute Gasteiger partial charge is 0.307 e. The van der Waals surface area contributed by atoms with E-state index in [1.54, 1.807) is 12.1 Å². The largest absolute Gasteiger partial charge is 0.481 e. The fraction of sp³-hybridized carbons (Fsp3) is 0.529. The molecule has 0 aliphatic carbocycles. The minimum absolute atomic E-state index is 0.0136. The molecule has 0 radical (unpaired) electrons. The van der Waals surface area contributed by atoms with Crippen LogP contribution in [0.5, 0.6) is 0 Å². The summed E-state index contributed by atoms with van der Waals surface area (Å²) < 4.78 is 0. The summed E-state index contributed by atoms with van der Waals surface area (Å²) in [6.07, 6.45) is 0.373. The number of carbonyl (C=O) groups is 2. The van der Waals surface area contributed by atoms with Crippen molar-refractivity contribution in [3.8, 4) is 0 Å². The van der Waals surface area contributed by atoms with Gasteiger partial charge >= 0.3 is 5.97 Å². The number of amides is 1. The number of benzene rings is 1. The minimum atomic E-state index is -0.846. The first-order valence-corrected chi connectivity index (χ1v) is 7.38. The number of carboxylic acids is 1. The van der Waals surface area contributed by atoms with Crippen LogP contribution in [0.2, 0.25) is 0 Å². The van der Waals surface area contributed by atoms with Crippen molar-refractivity contribution < 1.29 is 14.7 Å². The summed E-state index contributed by atoms with van der Waals surface area (Å²) in [5.74, 6) is -0.291. The predicted octanol–water partition coefficient (Wildman–Crippen LogP) is 2.75. The van der Waals surface area contributed by atoms with Gasteiger partial charge in [-0.15, -0.1) is 0 Å². The Kier molecular flexibility index (Phi) is 6.40. The normalized spacial score (nSPS) is 11.0. The first-order chi connectivity index (χ1) is 9.79. The van der Waals surface area contributed by atoms with E-state index in [1.165, 1.54) is 0 Å². The van der Waals surface area contributed by atoms with Crippen LogP contribution in [0, 0.1) is 5.92 Å². The summed E-state index contributed by atoms with van der Waals surface area (Å²) in [5, 5.41) is 8.74. The number of aliphatic carboxylic acids is 1. The Labute approximate surface area is 126 Å². The van der Waals surface area contributed by atoms with Crippen LogP contribution in [0.1, 0.15) is 38.8 Å². The van der Waals surface area contributed by atoms with Crippen molar-refractivity contribution in [3.63, 3.8) is 0 Å². The monoisotopic (exact) mass is 291 g/mol. The molecule has 4 nitrogen and oxygen atoms in total. The zero-order chi connectivity index (χ0) is 16.0. The SMILES string of the molecule is CC(C)CN(C(=O)Cc1ccc(CC(=O)O)cc1)C(C)C. The maximum Gasteiger partial charge on any atom is 0.307 e. The Balaban J connectivity index is 2.70. The highest BCUT2D eigenvalue weighted by Crippen LogP contribution is 2.11. The number of rotatable bonds is 7. The number of carbonyl (C=O) groups excluding carboxylic acids is 1. The number of hydrogen-bond donors (Lipinski definition) is 1. The molecule has 0 fully saturated rings. The van der Waals surface area contributed by atoms with E-state index in [4.69, 9.17) is 5.11 Å².